The minimum Gasteiger partial charge on any atom is -0.478 e. The molecule has 142 valence electrons. The van der Waals surface area contributed by atoms with Gasteiger partial charge in [-0.3, -0.25) is 0 Å². The summed E-state index contributed by atoms with van der Waals surface area (Å²) in [5.41, 5.74) is 16.4. The molecule has 24 heavy (non-hydrogen) atoms. The number of nitrogens with two attached hydrogens (primary N) is 3. The van der Waals surface area contributed by atoms with Gasteiger partial charge in [0.1, 0.15) is 0 Å². The van der Waals surface area contributed by atoms with Crippen LogP contribution in [-0.4, -0.2) is 27.7 Å². The standard InChI is InChI=1S/C7H6O2.3C4H11N/c8-7(9)6-4-2-1-3-5-6;3*1-4(2,3)5/h1-5H,(H,8,9);3*5H2,1-3H3. The highest BCUT2D eigenvalue weighted by molar-refractivity contribution is 5.87. The monoisotopic (exact) mass is 341 g/mol. The number of hydrogen-bond donors (Lipinski definition) is 4. The Kier molecular flexibility index (Phi) is 13.7. The Labute approximate surface area is 148 Å². The number of carboxylic acid groups (broad SMARTS) is 1. The highest BCUT2D eigenvalue weighted by atomic mass is 16.4. The lowest BCUT2D eigenvalue weighted by Crippen LogP contribution is -2.26. The lowest BCUT2D eigenvalue weighted by Gasteiger charge is -2.06. The third-order valence-corrected chi connectivity index (χ3v) is 1.02. The number of rotatable bonds is 1. The fraction of sp³-hybridized carbons (Fsp3) is 0.632. The summed E-state index contributed by atoms with van der Waals surface area (Å²) in [6.07, 6.45) is 0. The van der Waals surface area contributed by atoms with Gasteiger partial charge in [0.15, 0.2) is 0 Å². The molecule has 5 heteroatoms. The van der Waals surface area contributed by atoms with Crippen LogP contribution in [0.5, 0.6) is 0 Å². The molecule has 1 aromatic rings. The normalized spacial score (nSPS) is 10.8. The van der Waals surface area contributed by atoms with Crippen LogP contribution >= 0.6 is 0 Å². The number of hydrogen-bond acceptors (Lipinski definition) is 4. The Morgan fingerprint density at radius 3 is 1.04 bits per heavy atom. The van der Waals surface area contributed by atoms with Crippen LogP contribution in [0.2, 0.25) is 0 Å². The molecule has 0 amide bonds. The molecule has 0 saturated carbocycles. The molecule has 0 fully saturated rings. The zero-order chi connectivity index (χ0) is 20.2. The second-order valence-electron chi connectivity index (χ2n) is 8.77. The Balaban J connectivity index is -0.000000259. The molecule has 0 atom stereocenters. The molecule has 7 N–H and O–H groups in total. The number of benzene rings is 1. The molecule has 1 rings (SSSR count). The number of carboxylic acids is 1. The van der Waals surface area contributed by atoms with Gasteiger partial charge in [0.25, 0.3) is 0 Å². The first-order valence-corrected chi connectivity index (χ1v) is 7.95. The predicted molar refractivity (Wildman–Crippen MR) is 105 cm³/mol. The maximum atomic E-state index is 10.2. The average molecular weight is 342 g/mol. The van der Waals surface area contributed by atoms with E-state index in [2.05, 4.69) is 0 Å². The van der Waals surface area contributed by atoms with E-state index in [-0.39, 0.29) is 16.6 Å². The zero-order valence-corrected chi connectivity index (χ0v) is 17.0. The van der Waals surface area contributed by atoms with Gasteiger partial charge in [0, 0.05) is 16.6 Å². The summed E-state index contributed by atoms with van der Waals surface area (Å²) in [6.45, 7) is 17.7. The first-order valence-electron chi connectivity index (χ1n) is 7.95. The smallest absolute Gasteiger partial charge is 0.335 e. The lowest BCUT2D eigenvalue weighted by atomic mass is 10.1. The summed E-state index contributed by atoms with van der Waals surface area (Å²) >= 11 is 0. The largest absolute Gasteiger partial charge is 0.478 e. The highest BCUT2D eigenvalue weighted by Crippen LogP contribution is 1.96. The number of aromatic carboxylic acids is 1. The lowest BCUT2D eigenvalue weighted by molar-refractivity contribution is 0.0697. The molecule has 0 aliphatic heterocycles. The quantitative estimate of drug-likeness (QED) is 0.622. The Bertz CT molecular complexity index is 378. The Hall–Kier alpha value is -1.43. The topological polar surface area (TPSA) is 115 Å². The fourth-order valence-electron chi connectivity index (χ4n) is 0.581. The van der Waals surface area contributed by atoms with Crippen molar-refractivity contribution in [3.63, 3.8) is 0 Å². The predicted octanol–water partition coefficient (Wildman–Crippen LogP) is 3.62. The zero-order valence-electron chi connectivity index (χ0n) is 17.0. The van der Waals surface area contributed by atoms with Crippen molar-refractivity contribution >= 4 is 5.97 Å². The van der Waals surface area contributed by atoms with Gasteiger partial charge in [0.2, 0.25) is 0 Å². The van der Waals surface area contributed by atoms with Crippen molar-refractivity contribution in [2.75, 3.05) is 0 Å². The average Bonchev–Trinajstić information content (AvgIpc) is 2.23. The van der Waals surface area contributed by atoms with Crippen LogP contribution in [0.15, 0.2) is 30.3 Å². The molecule has 0 spiro atoms. The van der Waals surface area contributed by atoms with Crippen LogP contribution in [0, 0.1) is 0 Å². The van der Waals surface area contributed by atoms with Crippen molar-refractivity contribution in [1.82, 2.24) is 0 Å². The summed E-state index contributed by atoms with van der Waals surface area (Å²) in [6, 6.07) is 8.30. The van der Waals surface area contributed by atoms with E-state index in [1.165, 1.54) is 0 Å². The van der Waals surface area contributed by atoms with E-state index < -0.39 is 5.97 Å². The number of carbonyl (C=O) groups is 1. The van der Waals surface area contributed by atoms with E-state index in [0.717, 1.165) is 0 Å². The molecule has 5 nitrogen and oxygen atoms in total. The first kappa shape index (κ1) is 27.4. The molecule has 1 aromatic carbocycles. The molecule has 0 bridgehead atoms. The van der Waals surface area contributed by atoms with Crippen molar-refractivity contribution in [3.05, 3.63) is 35.9 Å². The van der Waals surface area contributed by atoms with Crippen molar-refractivity contribution in [3.8, 4) is 0 Å². The summed E-state index contributed by atoms with van der Waals surface area (Å²) in [4.78, 5) is 10.2. The maximum absolute atomic E-state index is 10.2. The van der Waals surface area contributed by atoms with Crippen molar-refractivity contribution in [2.45, 2.75) is 78.9 Å². The second kappa shape index (κ2) is 12.0. The van der Waals surface area contributed by atoms with Gasteiger partial charge >= 0.3 is 5.97 Å². The minimum atomic E-state index is -0.879. The van der Waals surface area contributed by atoms with E-state index in [1.807, 2.05) is 62.3 Å². The maximum Gasteiger partial charge on any atom is 0.335 e. The van der Waals surface area contributed by atoms with Gasteiger partial charge in [-0.2, -0.15) is 0 Å². The SMILES string of the molecule is CC(C)(C)N.CC(C)(C)N.CC(C)(C)N.O=C(O)c1ccccc1. The molecule has 0 unspecified atom stereocenters. The molecular weight excluding hydrogens is 302 g/mol. The van der Waals surface area contributed by atoms with E-state index in [0.29, 0.717) is 5.56 Å². The summed E-state index contributed by atoms with van der Waals surface area (Å²) in [5, 5.41) is 8.38. The van der Waals surface area contributed by atoms with Crippen molar-refractivity contribution < 1.29 is 9.90 Å². The third kappa shape index (κ3) is 70.5. The van der Waals surface area contributed by atoms with Crippen LogP contribution in [0.25, 0.3) is 0 Å². The third-order valence-electron chi connectivity index (χ3n) is 1.02. The Morgan fingerprint density at radius 1 is 0.708 bits per heavy atom. The first-order chi connectivity index (χ1) is 10.3. The van der Waals surface area contributed by atoms with Crippen LogP contribution in [0.4, 0.5) is 0 Å². The van der Waals surface area contributed by atoms with E-state index in [4.69, 9.17) is 22.3 Å². The van der Waals surface area contributed by atoms with E-state index in [1.54, 1.807) is 30.3 Å². The molecule has 0 aliphatic rings. The van der Waals surface area contributed by atoms with Crippen LogP contribution in [0.1, 0.15) is 72.7 Å². The van der Waals surface area contributed by atoms with Crippen molar-refractivity contribution in [1.29, 1.82) is 0 Å². The van der Waals surface area contributed by atoms with Gasteiger partial charge in [-0.1, -0.05) is 18.2 Å². The van der Waals surface area contributed by atoms with Crippen LogP contribution < -0.4 is 17.2 Å². The molecule has 0 aromatic heterocycles. The minimum absolute atomic E-state index is 0. The Morgan fingerprint density at radius 2 is 0.917 bits per heavy atom. The molecule has 0 aliphatic carbocycles. The fourth-order valence-corrected chi connectivity index (χ4v) is 0.581. The van der Waals surface area contributed by atoms with E-state index >= 15 is 0 Å². The van der Waals surface area contributed by atoms with Crippen LogP contribution in [0.3, 0.4) is 0 Å². The van der Waals surface area contributed by atoms with Gasteiger partial charge in [-0.05, 0) is 74.4 Å². The summed E-state index contributed by atoms with van der Waals surface area (Å²) in [5.74, 6) is -0.879. The van der Waals surface area contributed by atoms with Crippen LogP contribution in [-0.2, 0) is 0 Å². The van der Waals surface area contributed by atoms with Gasteiger partial charge < -0.3 is 22.3 Å². The second-order valence-corrected chi connectivity index (χ2v) is 8.77. The molecule has 0 heterocycles. The van der Waals surface area contributed by atoms with Gasteiger partial charge in [-0.25, -0.2) is 4.79 Å². The summed E-state index contributed by atoms with van der Waals surface area (Å²) < 4.78 is 0. The summed E-state index contributed by atoms with van der Waals surface area (Å²) in [7, 11) is 0. The van der Waals surface area contributed by atoms with E-state index in [9.17, 15) is 4.79 Å². The van der Waals surface area contributed by atoms with Crippen molar-refractivity contribution in [2.24, 2.45) is 17.2 Å². The molecular formula is C19H39N3O2. The molecule has 0 radical (unpaired) electrons. The molecule has 0 saturated heterocycles. The highest BCUT2D eigenvalue weighted by Gasteiger charge is 1.97. The van der Waals surface area contributed by atoms with Gasteiger partial charge in [-0.15, -0.1) is 0 Å². The van der Waals surface area contributed by atoms with Gasteiger partial charge in [0.05, 0.1) is 5.56 Å².